The van der Waals surface area contributed by atoms with E-state index in [9.17, 15) is 4.79 Å². The molecule has 0 saturated carbocycles. The van der Waals surface area contributed by atoms with Crippen LogP contribution in [0.4, 0.5) is 0 Å². The lowest BCUT2D eigenvalue weighted by molar-refractivity contribution is -0.120. The number of carbonyl (C=O) groups excluding carboxylic acids is 1. The summed E-state index contributed by atoms with van der Waals surface area (Å²) in [6, 6.07) is 0. The van der Waals surface area contributed by atoms with E-state index in [1.165, 1.54) is 0 Å². The van der Waals surface area contributed by atoms with Gasteiger partial charge in [0, 0.05) is 17.8 Å². The second-order valence-electron chi connectivity index (χ2n) is 2.98. The quantitative estimate of drug-likeness (QED) is 0.704. The monoisotopic (exact) mass is 184 g/mol. The number of nitrogens with one attached hydrogen (secondary N) is 2. The van der Waals surface area contributed by atoms with Gasteiger partial charge in [0.25, 0.3) is 0 Å². The molecular weight excluding hydrogens is 172 g/mol. The molecule has 0 aliphatic heterocycles. The maximum absolute atomic E-state index is 10.9. The fraction of sp³-hybridized carbons (Fsp3) is 0.500. The number of aromatic nitrogens is 2. The molecule has 0 spiro atoms. The summed E-state index contributed by atoms with van der Waals surface area (Å²) < 4.78 is 0.612. The Morgan fingerprint density at radius 1 is 1.75 bits per heavy atom. The third-order valence-corrected chi connectivity index (χ3v) is 2.09. The van der Waals surface area contributed by atoms with Crippen LogP contribution in [0.1, 0.15) is 19.5 Å². The number of ketones is 1. The number of hydrogen-bond acceptors (Lipinski definition) is 2. The zero-order valence-corrected chi connectivity index (χ0v) is 7.99. The highest BCUT2D eigenvalue weighted by atomic mass is 32.1. The maximum atomic E-state index is 10.9. The molecule has 4 heteroatoms. The summed E-state index contributed by atoms with van der Waals surface area (Å²) in [6.45, 7) is 3.51. The van der Waals surface area contributed by atoms with Gasteiger partial charge < -0.3 is 9.97 Å². The number of Topliss-reactive ketones (excluding diaryl/α,β-unsaturated/α-hetero) is 1. The average molecular weight is 184 g/mol. The third-order valence-electron chi connectivity index (χ3n) is 1.87. The number of hydrogen-bond donors (Lipinski definition) is 2. The van der Waals surface area contributed by atoms with Crippen LogP contribution in [0.3, 0.4) is 0 Å². The van der Waals surface area contributed by atoms with E-state index >= 15 is 0 Å². The first-order valence-electron chi connectivity index (χ1n) is 3.86. The number of rotatable bonds is 3. The molecule has 0 amide bonds. The van der Waals surface area contributed by atoms with E-state index < -0.39 is 0 Å². The van der Waals surface area contributed by atoms with Crippen molar-refractivity contribution >= 4 is 18.0 Å². The number of carbonyl (C=O) groups is 1. The normalized spacial score (nSPS) is 12.8. The molecule has 1 atom stereocenters. The van der Waals surface area contributed by atoms with Gasteiger partial charge in [-0.05, 0) is 25.6 Å². The van der Waals surface area contributed by atoms with Crippen molar-refractivity contribution < 1.29 is 4.79 Å². The molecule has 0 aliphatic carbocycles. The Balaban J connectivity index is 2.64. The van der Waals surface area contributed by atoms with Crippen molar-refractivity contribution in [2.75, 3.05) is 0 Å². The fourth-order valence-electron chi connectivity index (χ4n) is 0.954. The van der Waals surface area contributed by atoms with Gasteiger partial charge >= 0.3 is 0 Å². The molecule has 1 rings (SSSR count). The Morgan fingerprint density at radius 3 is 2.83 bits per heavy atom. The molecule has 12 heavy (non-hydrogen) atoms. The standard InChI is InChI=1S/C8H12N2OS/c1-5(6(2)11)3-7-4-9-8(12)10-7/h4-5H,3H2,1-2H3,(H2,9,10,12)/t5-/m0/s1. The summed E-state index contributed by atoms with van der Waals surface area (Å²) in [6.07, 6.45) is 2.53. The highest BCUT2D eigenvalue weighted by molar-refractivity contribution is 7.71. The van der Waals surface area contributed by atoms with E-state index in [4.69, 9.17) is 12.2 Å². The molecule has 0 radical (unpaired) electrons. The molecular formula is C8H12N2OS. The Morgan fingerprint density at radius 2 is 2.42 bits per heavy atom. The van der Waals surface area contributed by atoms with Gasteiger partial charge in [-0.1, -0.05) is 6.92 Å². The Labute approximate surface area is 76.2 Å². The predicted octanol–water partition coefficient (Wildman–Crippen LogP) is 1.84. The molecule has 66 valence electrons. The number of aromatic amines is 2. The molecule has 2 N–H and O–H groups in total. The maximum Gasteiger partial charge on any atom is 0.174 e. The molecule has 0 saturated heterocycles. The van der Waals surface area contributed by atoms with Gasteiger partial charge in [-0.2, -0.15) is 0 Å². The van der Waals surface area contributed by atoms with Crippen LogP contribution < -0.4 is 0 Å². The zero-order valence-electron chi connectivity index (χ0n) is 7.18. The summed E-state index contributed by atoms with van der Waals surface area (Å²) in [5, 5.41) is 0. The topological polar surface area (TPSA) is 48.6 Å². The first-order chi connectivity index (χ1) is 5.59. The highest BCUT2D eigenvalue weighted by Crippen LogP contribution is 2.05. The second-order valence-corrected chi connectivity index (χ2v) is 3.39. The van der Waals surface area contributed by atoms with Crippen LogP contribution in [0.2, 0.25) is 0 Å². The van der Waals surface area contributed by atoms with Crippen LogP contribution in [0, 0.1) is 10.7 Å². The lowest BCUT2D eigenvalue weighted by atomic mass is 10.0. The van der Waals surface area contributed by atoms with Crippen LogP contribution in [-0.4, -0.2) is 15.8 Å². The van der Waals surface area contributed by atoms with Gasteiger partial charge in [0.2, 0.25) is 0 Å². The third kappa shape index (κ3) is 2.30. The van der Waals surface area contributed by atoms with E-state index in [1.807, 2.05) is 13.1 Å². The van der Waals surface area contributed by atoms with Crippen LogP contribution in [0.15, 0.2) is 6.20 Å². The summed E-state index contributed by atoms with van der Waals surface area (Å²) in [5.74, 6) is 0.266. The molecule has 1 heterocycles. The Kier molecular flexibility index (Phi) is 2.81. The molecule has 0 aromatic carbocycles. The molecule has 1 aromatic rings. The molecule has 3 nitrogen and oxygen atoms in total. The van der Waals surface area contributed by atoms with Gasteiger partial charge in [0.15, 0.2) is 4.77 Å². The van der Waals surface area contributed by atoms with Crippen molar-refractivity contribution in [3.05, 3.63) is 16.7 Å². The van der Waals surface area contributed by atoms with E-state index in [0.29, 0.717) is 4.77 Å². The van der Waals surface area contributed by atoms with E-state index in [-0.39, 0.29) is 11.7 Å². The van der Waals surface area contributed by atoms with E-state index in [2.05, 4.69) is 9.97 Å². The van der Waals surface area contributed by atoms with Gasteiger partial charge in [-0.3, -0.25) is 4.79 Å². The van der Waals surface area contributed by atoms with Crippen LogP contribution in [0.5, 0.6) is 0 Å². The second kappa shape index (κ2) is 3.67. The van der Waals surface area contributed by atoms with Crippen molar-refractivity contribution in [3.63, 3.8) is 0 Å². The Hall–Kier alpha value is -0.900. The highest BCUT2D eigenvalue weighted by Gasteiger charge is 2.08. The van der Waals surface area contributed by atoms with E-state index in [1.54, 1.807) is 6.92 Å². The minimum absolute atomic E-state index is 0.0615. The smallest absolute Gasteiger partial charge is 0.174 e. The average Bonchev–Trinajstić information content (AvgIpc) is 2.35. The summed E-state index contributed by atoms with van der Waals surface area (Å²) in [5.41, 5.74) is 0.989. The van der Waals surface area contributed by atoms with Crippen molar-refractivity contribution in [1.29, 1.82) is 0 Å². The Bertz CT molecular complexity index is 326. The first-order valence-corrected chi connectivity index (χ1v) is 4.27. The fourth-order valence-corrected chi connectivity index (χ4v) is 1.14. The van der Waals surface area contributed by atoms with Crippen molar-refractivity contribution in [2.24, 2.45) is 5.92 Å². The molecule has 1 aromatic heterocycles. The first kappa shape index (κ1) is 9.19. The van der Waals surface area contributed by atoms with Crippen molar-refractivity contribution in [1.82, 2.24) is 9.97 Å². The van der Waals surface area contributed by atoms with Gasteiger partial charge in [-0.25, -0.2) is 0 Å². The minimum Gasteiger partial charge on any atom is -0.337 e. The number of H-pyrrole nitrogens is 2. The SMILES string of the molecule is CC(=O)[C@@H](C)Cc1c[nH]c(=S)[nH]1. The van der Waals surface area contributed by atoms with Crippen LogP contribution in [0.25, 0.3) is 0 Å². The predicted molar refractivity (Wildman–Crippen MR) is 49.5 cm³/mol. The van der Waals surface area contributed by atoms with Crippen LogP contribution in [-0.2, 0) is 11.2 Å². The summed E-state index contributed by atoms with van der Waals surface area (Å²) in [4.78, 5) is 16.7. The van der Waals surface area contributed by atoms with Crippen molar-refractivity contribution in [2.45, 2.75) is 20.3 Å². The molecule has 0 aliphatic rings. The van der Waals surface area contributed by atoms with E-state index in [0.717, 1.165) is 12.1 Å². The van der Waals surface area contributed by atoms with Gasteiger partial charge in [0.1, 0.15) is 5.78 Å². The van der Waals surface area contributed by atoms with Gasteiger partial charge in [-0.15, -0.1) is 0 Å². The van der Waals surface area contributed by atoms with Crippen LogP contribution >= 0.6 is 12.2 Å². The van der Waals surface area contributed by atoms with Crippen molar-refractivity contribution in [3.8, 4) is 0 Å². The lowest BCUT2D eigenvalue weighted by Gasteiger charge is -2.03. The minimum atomic E-state index is 0.0615. The molecule has 0 fully saturated rings. The van der Waals surface area contributed by atoms with Gasteiger partial charge in [0.05, 0.1) is 0 Å². The summed E-state index contributed by atoms with van der Waals surface area (Å²) >= 11 is 4.86. The molecule has 0 unspecified atom stereocenters. The zero-order chi connectivity index (χ0) is 9.14. The summed E-state index contributed by atoms with van der Waals surface area (Å²) in [7, 11) is 0. The molecule has 0 bridgehead atoms. The largest absolute Gasteiger partial charge is 0.337 e. The lowest BCUT2D eigenvalue weighted by Crippen LogP contribution is -2.09. The number of imidazole rings is 1.